The number of nitrogens with one attached hydrogen (secondary N) is 1. The number of anilines is 1. The van der Waals surface area contributed by atoms with Gasteiger partial charge in [0.1, 0.15) is 5.75 Å². The van der Waals surface area contributed by atoms with Crippen molar-refractivity contribution in [2.75, 3.05) is 19.0 Å². The topological polar surface area (TPSA) is 67.6 Å². The van der Waals surface area contributed by atoms with Crippen LogP contribution in [0, 0.1) is 0 Å². The molecular weight excluding hydrogens is 230 g/mol. The van der Waals surface area contributed by atoms with E-state index in [1.165, 1.54) is 0 Å². The summed E-state index contributed by atoms with van der Waals surface area (Å²) in [4.78, 5) is 13.9. The smallest absolute Gasteiger partial charge is 0.322 e. The second-order valence-electron chi connectivity index (χ2n) is 4.55. The summed E-state index contributed by atoms with van der Waals surface area (Å²) in [6, 6.07) is 7.34. The molecule has 5 nitrogen and oxygen atoms in total. The van der Waals surface area contributed by atoms with E-state index in [1.54, 1.807) is 18.1 Å². The van der Waals surface area contributed by atoms with Gasteiger partial charge in [0.2, 0.25) is 0 Å². The molecule has 5 heteroatoms. The highest BCUT2D eigenvalue weighted by atomic mass is 16.5. The lowest BCUT2D eigenvalue weighted by Crippen LogP contribution is -2.42. The first kappa shape index (κ1) is 12.7. The van der Waals surface area contributed by atoms with Gasteiger partial charge in [0.15, 0.2) is 0 Å². The van der Waals surface area contributed by atoms with E-state index in [0.717, 1.165) is 17.9 Å². The Morgan fingerprint density at radius 3 is 2.94 bits per heavy atom. The monoisotopic (exact) mass is 249 g/mol. The second-order valence-corrected chi connectivity index (χ2v) is 4.55. The summed E-state index contributed by atoms with van der Waals surface area (Å²) in [5.41, 5.74) is 6.63. The molecule has 1 fully saturated rings. The highest BCUT2D eigenvalue weighted by Crippen LogP contribution is 2.20. The van der Waals surface area contributed by atoms with Crippen LogP contribution in [0.1, 0.15) is 13.3 Å². The number of likely N-dealkylation sites (tertiary alicyclic amines) is 1. The fourth-order valence-electron chi connectivity index (χ4n) is 2.15. The van der Waals surface area contributed by atoms with Crippen molar-refractivity contribution >= 4 is 11.7 Å². The Bertz CT molecular complexity index is 436. The summed E-state index contributed by atoms with van der Waals surface area (Å²) in [5.74, 6) is 0.721. The zero-order chi connectivity index (χ0) is 13.1. The molecule has 2 rings (SSSR count). The molecule has 3 N–H and O–H groups in total. The maximum Gasteiger partial charge on any atom is 0.322 e. The van der Waals surface area contributed by atoms with E-state index in [2.05, 4.69) is 5.32 Å². The summed E-state index contributed by atoms with van der Waals surface area (Å²) >= 11 is 0. The molecule has 2 atom stereocenters. The Kier molecular flexibility index (Phi) is 3.72. The van der Waals surface area contributed by atoms with Gasteiger partial charge in [-0.25, -0.2) is 4.79 Å². The number of benzene rings is 1. The normalized spacial score (nSPS) is 22.9. The van der Waals surface area contributed by atoms with Crippen LogP contribution in [-0.4, -0.2) is 36.7 Å². The van der Waals surface area contributed by atoms with Crippen LogP contribution < -0.4 is 15.8 Å². The van der Waals surface area contributed by atoms with Crippen LogP contribution in [0.15, 0.2) is 24.3 Å². The third kappa shape index (κ3) is 2.56. The number of nitrogens with two attached hydrogens (primary N) is 1. The average Bonchev–Trinajstić information content (AvgIpc) is 2.70. The fraction of sp³-hybridized carbons (Fsp3) is 0.462. The van der Waals surface area contributed by atoms with Gasteiger partial charge >= 0.3 is 6.03 Å². The lowest BCUT2D eigenvalue weighted by Gasteiger charge is -2.23. The van der Waals surface area contributed by atoms with E-state index in [1.807, 2.05) is 25.1 Å². The van der Waals surface area contributed by atoms with E-state index in [4.69, 9.17) is 10.5 Å². The standard InChI is InChI=1S/C13H19N3O2/c1-9-12(14)6-7-16(9)13(17)15-10-4-3-5-11(8-10)18-2/h3-5,8-9,12H,6-7,14H2,1-2H3,(H,15,17). The predicted octanol–water partition coefficient (Wildman–Crippen LogP) is 1.65. The number of carbonyl (C=O) groups excluding carboxylic acids is 1. The van der Waals surface area contributed by atoms with Gasteiger partial charge in [-0.05, 0) is 25.5 Å². The average molecular weight is 249 g/mol. The first-order valence-electron chi connectivity index (χ1n) is 6.09. The number of nitrogens with zero attached hydrogens (tertiary/aromatic N) is 1. The maximum atomic E-state index is 12.1. The molecule has 2 unspecified atom stereocenters. The molecule has 0 spiro atoms. The number of hydrogen-bond donors (Lipinski definition) is 2. The molecule has 0 aromatic heterocycles. The van der Waals surface area contributed by atoms with Gasteiger partial charge in [-0.2, -0.15) is 0 Å². The number of urea groups is 1. The van der Waals surface area contributed by atoms with Crippen molar-refractivity contribution in [2.45, 2.75) is 25.4 Å². The van der Waals surface area contributed by atoms with Gasteiger partial charge in [0.05, 0.1) is 7.11 Å². The number of methoxy groups -OCH3 is 1. The lowest BCUT2D eigenvalue weighted by atomic mass is 10.2. The van der Waals surface area contributed by atoms with Gasteiger partial charge in [-0.3, -0.25) is 0 Å². The van der Waals surface area contributed by atoms with E-state index >= 15 is 0 Å². The van der Waals surface area contributed by atoms with Crippen molar-refractivity contribution in [2.24, 2.45) is 5.73 Å². The molecule has 0 radical (unpaired) electrons. The highest BCUT2D eigenvalue weighted by Gasteiger charge is 2.31. The van der Waals surface area contributed by atoms with Crippen molar-refractivity contribution in [1.82, 2.24) is 4.90 Å². The molecule has 0 aliphatic carbocycles. The van der Waals surface area contributed by atoms with Crippen LogP contribution in [-0.2, 0) is 0 Å². The second kappa shape index (κ2) is 5.27. The summed E-state index contributed by atoms with van der Waals surface area (Å²) in [5, 5.41) is 2.86. The van der Waals surface area contributed by atoms with Crippen molar-refractivity contribution in [1.29, 1.82) is 0 Å². The Morgan fingerprint density at radius 1 is 1.56 bits per heavy atom. The molecule has 0 saturated carbocycles. The summed E-state index contributed by atoms with van der Waals surface area (Å²) in [6.45, 7) is 2.68. The number of carbonyl (C=O) groups is 1. The molecule has 0 bridgehead atoms. The number of rotatable bonds is 2. The third-order valence-electron chi connectivity index (χ3n) is 3.40. The Hall–Kier alpha value is -1.75. The van der Waals surface area contributed by atoms with Gasteiger partial charge < -0.3 is 20.7 Å². The van der Waals surface area contributed by atoms with Gasteiger partial charge in [-0.1, -0.05) is 6.07 Å². The minimum Gasteiger partial charge on any atom is -0.497 e. The van der Waals surface area contributed by atoms with Crippen LogP contribution in [0.5, 0.6) is 5.75 Å². The molecule has 98 valence electrons. The summed E-state index contributed by atoms with van der Waals surface area (Å²) < 4.78 is 5.12. The SMILES string of the molecule is COc1cccc(NC(=O)N2CCC(N)C2C)c1. The number of ether oxygens (including phenoxy) is 1. The molecule has 1 aliphatic rings. The zero-order valence-corrected chi connectivity index (χ0v) is 10.7. The number of amides is 2. The molecule has 1 saturated heterocycles. The van der Waals surface area contributed by atoms with Crippen molar-refractivity contribution in [3.05, 3.63) is 24.3 Å². The Labute approximate surface area is 107 Å². The van der Waals surface area contributed by atoms with E-state index in [-0.39, 0.29) is 18.1 Å². The molecule has 18 heavy (non-hydrogen) atoms. The van der Waals surface area contributed by atoms with E-state index < -0.39 is 0 Å². The van der Waals surface area contributed by atoms with Crippen LogP contribution >= 0.6 is 0 Å². The van der Waals surface area contributed by atoms with Crippen LogP contribution in [0.3, 0.4) is 0 Å². The van der Waals surface area contributed by atoms with Crippen LogP contribution in [0.2, 0.25) is 0 Å². The van der Waals surface area contributed by atoms with Crippen molar-refractivity contribution in [3.8, 4) is 5.75 Å². The number of hydrogen-bond acceptors (Lipinski definition) is 3. The Morgan fingerprint density at radius 2 is 2.33 bits per heavy atom. The quantitative estimate of drug-likeness (QED) is 0.837. The third-order valence-corrected chi connectivity index (χ3v) is 3.40. The largest absolute Gasteiger partial charge is 0.497 e. The van der Waals surface area contributed by atoms with Crippen molar-refractivity contribution < 1.29 is 9.53 Å². The lowest BCUT2D eigenvalue weighted by molar-refractivity contribution is 0.208. The van der Waals surface area contributed by atoms with Crippen LogP contribution in [0.25, 0.3) is 0 Å². The first-order valence-corrected chi connectivity index (χ1v) is 6.09. The van der Waals surface area contributed by atoms with E-state index in [9.17, 15) is 4.79 Å². The summed E-state index contributed by atoms with van der Waals surface area (Å²) in [7, 11) is 1.60. The predicted molar refractivity (Wildman–Crippen MR) is 70.8 cm³/mol. The molecule has 1 aromatic rings. The fourth-order valence-corrected chi connectivity index (χ4v) is 2.15. The van der Waals surface area contributed by atoms with Gasteiger partial charge in [-0.15, -0.1) is 0 Å². The summed E-state index contributed by atoms with van der Waals surface area (Å²) in [6.07, 6.45) is 0.854. The van der Waals surface area contributed by atoms with Gasteiger partial charge in [0, 0.05) is 30.4 Å². The first-order chi connectivity index (χ1) is 8.61. The minimum absolute atomic E-state index is 0.0704. The maximum absolute atomic E-state index is 12.1. The molecule has 1 aliphatic heterocycles. The molecular formula is C13H19N3O2. The zero-order valence-electron chi connectivity index (χ0n) is 10.7. The van der Waals surface area contributed by atoms with Gasteiger partial charge in [0.25, 0.3) is 0 Å². The molecule has 2 amide bonds. The van der Waals surface area contributed by atoms with Crippen LogP contribution in [0.4, 0.5) is 10.5 Å². The highest BCUT2D eigenvalue weighted by molar-refractivity contribution is 5.90. The minimum atomic E-state index is -0.108. The Balaban J connectivity index is 2.02. The molecule has 1 aromatic carbocycles. The molecule has 1 heterocycles. The van der Waals surface area contributed by atoms with Crippen molar-refractivity contribution in [3.63, 3.8) is 0 Å². The van der Waals surface area contributed by atoms with E-state index in [0.29, 0.717) is 6.54 Å².